The van der Waals surface area contributed by atoms with Crippen LogP contribution in [0.4, 0.5) is 0 Å². The predicted octanol–water partition coefficient (Wildman–Crippen LogP) is 2.00. The molecule has 0 heterocycles. The van der Waals surface area contributed by atoms with Gasteiger partial charge in [0.05, 0.1) is 6.42 Å². The number of halogens is 1. The Labute approximate surface area is 78.4 Å². The Hall–Kier alpha value is -1.03. The van der Waals surface area contributed by atoms with Crippen molar-refractivity contribution in [3.63, 3.8) is 0 Å². The SMILES string of the molecule is O=C(O)Cc1cccc(OBr)c1. The molecule has 1 rings (SSSR count). The second-order valence-electron chi connectivity index (χ2n) is 2.30. The highest BCUT2D eigenvalue weighted by Crippen LogP contribution is 2.15. The van der Waals surface area contributed by atoms with Gasteiger partial charge in [-0.2, -0.15) is 0 Å². The summed E-state index contributed by atoms with van der Waals surface area (Å²) >= 11 is 2.81. The van der Waals surface area contributed by atoms with Crippen LogP contribution in [0.25, 0.3) is 0 Å². The summed E-state index contributed by atoms with van der Waals surface area (Å²) in [5.41, 5.74) is 0.722. The van der Waals surface area contributed by atoms with E-state index in [2.05, 4.69) is 16.3 Å². The molecule has 3 nitrogen and oxygen atoms in total. The second-order valence-corrected chi connectivity index (χ2v) is 2.62. The zero-order valence-corrected chi connectivity index (χ0v) is 7.74. The van der Waals surface area contributed by atoms with Crippen molar-refractivity contribution in [2.75, 3.05) is 0 Å². The zero-order chi connectivity index (χ0) is 8.97. The third-order valence-electron chi connectivity index (χ3n) is 1.34. The van der Waals surface area contributed by atoms with Crippen molar-refractivity contribution in [3.05, 3.63) is 29.8 Å². The van der Waals surface area contributed by atoms with Gasteiger partial charge in [0.25, 0.3) is 0 Å². The predicted molar refractivity (Wildman–Crippen MR) is 47.3 cm³/mol. The monoisotopic (exact) mass is 230 g/mol. The Morgan fingerprint density at radius 1 is 1.58 bits per heavy atom. The van der Waals surface area contributed by atoms with E-state index in [0.717, 1.165) is 5.56 Å². The fraction of sp³-hybridized carbons (Fsp3) is 0.125. The van der Waals surface area contributed by atoms with Crippen molar-refractivity contribution in [1.29, 1.82) is 0 Å². The van der Waals surface area contributed by atoms with Crippen molar-refractivity contribution < 1.29 is 13.7 Å². The van der Waals surface area contributed by atoms with Crippen molar-refractivity contribution in [1.82, 2.24) is 0 Å². The molecule has 0 spiro atoms. The van der Waals surface area contributed by atoms with Crippen molar-refractivity contribution in [3.8, 4) is 5.75 Å². The molecule has 0 radical (unpaired) electrons. The summed E-state index contributed by atoms with van der Waals surface area (Å²) in [6, 6.07) is 6.89. The molecule has 0 saturated heterocycles. The molecule has 0 saturated carbocycles. The lowest BCUT2D eigenvalue weighted by Gasteiger charge is -1.99. The van der Waals surface area contributed by atoms with Gasteiger partial charge in [-0.1, -0.05) is 12.1 Å². The number of hydrogen-bond donors (Lipinski definition) is 1. The maximum atomic E-state index is 10.3. The molecule has 1 aromatic rings. The number of rotatable bonds is 3. The number of carboxylic acids is 1. The highest BCUT2D eigenvalue weighted by molar-refractivity contribution is 9.06. The van der Waals surface area contributed by atoms with Gasteiger partial charge < -0.3 is 8.93 Å². The molecule has 0 atom stereocenters. The summed E-state index contributed by atoms with van der Waals surface area (Å²) < 4.78 is 4.76. The highest BCUT2D eigenvalue weighted by atomic mass is 79.9. The van der Waals surface area contributed by atoms with Gasteiger partial charge in [-0.05, 0) is 17.7 Å². The summed E-state index contributed by atoms with van der Waals surface area (Å²) in [5, 5.41) is 8.48. The van der Waals surface area contributed by atoms with Gasteiger partial charge >= 0.3 is 5.97 Å². The van der Waals surface area contributed by atoms with Crippen LogP contribution in [-0.4, -0.2) is 11.1 Å². The lowest BCUT2D eigenvalue weighted by Crippen LogP contribution is -1.99. The van der Waals surface area contributed by atoms with E-state index in [0.29, 0.717) is 5.75 Å². The van der Waals surface area contributed by atoms with Gasteiger partial charge in [0.1, 0.15) is 5.75 Å². The molecular weight excluding hydrogens is 224 g/mol. The normalized spacial score (nSPS) is 9.42. The zero-order valence-electron chi connectivity index (χ0n) is 6.16. The van der Waals surface area contributed by atoms with E-state index in [1.807, 2.05) is 0 Å². The van der Waals surface area contributed by atoms with E-state index in [4.69, 9.17) is 8.93 Å². The molecule has 1 N–H and O–H groups in total. The Bertz CT molecular complexity index is 285. The standard InChI is InChI=1S/C8H7BrO3/c9-12-7-3-1-2-6(4-7)5-8(10)11/h1-4H,5H2,(H,10,11). The van der Waals surface area contributed by atoms with E-state index in [1.54, 1.807) is 24.3 Å². The molecule has 0 aliphatic rings. The summed E-state index contributed by atoms with van der Waals surface area (Å²) in [4.78, 5) is 10.3. The first kappa shape index (κ1) is 9.06. The molecule has 4 heteroatoms. The molecule has 64 valence electrons. The van der Waals surface area contributed by atoms with Crippen LogP contribution >= 0.6 is 16.3 Å². The number of aliphatic carboxylic acids is 1. The molecule has 0 unspecified atom stereocenters. The van der Waals surface area contributed by atoms with Crippen LogP contribution in [0.3, 0.4) is 0 Å². The third-order valence-corrected chi connectivity index (χ3v) is 1.72. The number of carboxylic acid groups (broad SMARTS) is 1. The van der Waals surface area contributed by atoms with E-state index >= 15 is 0 Å². The average Bonchev–Trinajstić information content (AvgIpc) is 2.03. The smallest absolute Gasteiger partial charge is 0.307 e. The van der Waals surface area contributed by atoms with Gasteiger partial charge in [0.15, 0.2) is 16.3 Å². The van der Waals surface area contributed by atoms with E-state index in [9.17, 15) is 4.79 Å². The molecule has 1 aromatic carbocycles. The molecule has 0 aromatic heterocycles. The van der Waals surface area contributed by atoms with E-state index in [1.165, 1.54) is 0 Å². The minimum absolute atomic E-state index is 0.0181. The molecular formula is C8H7BrO3. The number of carbonyl (C=O) groups is 1. The molecule has 0 amide bonds. The van der Waals surface area contributed by atoms with Gasteiger partial charge in [0.2, 0.25) is 0 Å². The molecule has 0 fully saturated rings. The molecule has 0 bridgehead atoms. The number of hydrogen-bond acceptors (Lipinski definition) is 2. The van der Waals surface area contributed by atoms with Crippen molar-refractivity contribution in [2.45, 2.75) is 6.42 Å². The van der Waals surface area contributed by atoms with Crippen molar-refractivity contribution >= 4 is 22.2 Å². The molecule has 0 aliphatic heterocycles. The van der Waals surface area contributed by atoms with Crippen LogP contribution in [0.15, 0.2) is 24.3 Å². The largest absolute Gasteiger partial charge is 0.481 e. The van der Waals surface area contributed by atoms with Crippen LogP contribution in [0.1, 0.15) is 5.56 Å². The fourth-order valence-corrected chi connectivity index (χ4v) is 1.08. The highest BCUT2D eigenvalue weighted by Gasteiger charge is 2.00. The van der Waals surface area contributed by atoms with Gasteiger partial charge in [-0.25, -0.2) is 0 Å². The van der Waals surface area contributed by atoms with Crippen molar-refractivity contribution in [2.24, 2.45) is 0 Å². The lowest BCUT2D eigenvalue weighted by molar-refractivity contribution is -0.136. The van der Waals surface area contributed by atoms with Crippen LogP contribution in [0.5, 0.6) is 5.75 Å². The van der Waals surface area contributed by atoms with Gasteiger partial charge in [-0.15, -0.1) is 0 Å². The first-order valence-electron chi connectivity index (χ1n) is 3.31. The topological polar surface area (TPSA) is 46.5 Å². The minimum atomic E-state index is -0.846. The molecule has 0 aliphatic carbocycles. The number of benzene rings is 1. The van der Waals surface area contributed by atoms with E-state index < -0.39 is 5.97 Å². The first-order chi connectivity index (χ1) is 5.72. The van der Waals surface area contributed by atoms with Crippen LogP contribution in [0, 0.1) is 0 Å². The van der Waals surface area contributed by atoms with Gasteiger partial charge in [0, 0.05) is 0 Å². The maximum absolute atomic E-state index is 10.3. The fourth-order valence-electron chi connectivity index (χ4n) is 0.878. The second kappa shape index (κ2) is 4.11. The lowest BCUT2D eigenvalue weighted by atomic mass is 10.1. The quantitative estimate of drug-likeness (QED) is 0.865. The molecule has 12 heavy (non-hydrogen) atoms. The summed E-state index contributed by atoms with van der Waals surface area (Å²) in [6.45, 7) is 0. The van der Waals surface area contributed by atoms with Crippen LogP contribution < -0.4 is 3.83 Å². The summed E-state index contributed by atoms with van der Waals surface area (Å²) in [7, 11) is 0. The van der Waals surface area contributed by atoms with E-state index in [-0.39, 0.29) is 6.42 Å². The summed E-state index contributed by atoms with van der Waals surface area (Å²) in [6.07, 6.45) is 0.0181. The van der Waals surface area contributed by atoms with Crippen LogP contribution in [0.2, 0.25) is 0 Å². The average molecular weight is 231 g/mol. The third kappa shape index (κ3) is 2.54. The summed E-state index contributed by atoms with van der Waals surface area (Å²) in [5.74, 6) is -0.240. The Balaban J connectivity index is 2.79. The Kier molecular flexibility index (Phi) is 3.10. The Morgan fingerprint density at radius 2 is 2.33 bits per heavy atom. The minimum Gasteiger partial charge on any atom is -0.481 e. The first-order valence-corrected chi connectivity index (χ1v) is 3.96. The Morgan fingerprint density at radius 3 is 2.92 bits per heavy atom. The maximum Gasteiger partial charge on any atom is 0.307 e. The van der Waals surface area contributed by atoms with Crippen LogP contribution in [-0.2, 0) is 11.2 Å². The van der Waals surface area contributed by atoms with Gasteiger partial charge in [-0.3, -0.25) is 4.79 Å².